The summed E-state index contributed by atoms with van der Waals surface area (Å²) in [5, 5.41) is 0. The summed E-state index contributed by atoms with van der Waals surface area (Å²) in [6, 6.07) is 3.41. The minimum Gasteiger partial charge on any atom is -0.374 e. The molecule has 1 aliphatic rings. The summed E-state index contributed by atoms with van der Waals surface area (Å²) in [6.45, 7) is 3.88. The number of ether oxygens (including phenoxy) is 1. The molecule has 0 amide bonds. The van der Waals surface area contributed by atoms with Crippen molar-refractivity contribution >= 4 is 21.6 Å². The zero-order valence-corrected chi connectivity index (χ0v) is 12.9. The lowest BCUT2D eigenvalue weighted by molar-refractivity contribution is -0.0152. The first kappa shape index (κ1) is 15.7. The van der Waals surface area contributed by atoms with Gasteiger partial charge in [0.2, 0.25) is 10.0 Å². The number of aryl methyl sites for hydroxylation is 1. The Kier molecular flexibility index (Phi) is 4.69. The van der Waals surface area contributed by atoms with Crippen LogP contribution in [0.2, 0.25) is 0 Å². The number of hydrogen-bond donors (Lipinski definition) is 0. The van der Waals surface area contributed by atoms with Crippen LogP contribution in [-0.4, -0.2) is 43.9 Å². The molecule has 0 radical (unpaired) electrons. The van der Waals surface area contributed by atoms with Gasteiger partial charge < -0.3 is 4.74 Å². The van der Waals surface area contributed by atoms with E-state index in [-0.39, 0.29) is 29.5 Å². The zero-order chi connectivity index (χ0) is 14.9. The maximum Gasteiger partial charge on any atom is 0.243 e. The van der Waals surface area contributed by atoms with Crippen molar-refractivity contribution in [1.82, 2.24) is 4.31 Å². The number of alkyl halides is 1. The number of benzene rings is 1. The molecule has 0 aromatic heterocycles. The lowest BCUT2D eigenvalue weighted by Crippen LogP contribution is -2.51. The maximum atomic E-state index is 13.1. The van der Waals surface area contributed by atoms with Crippen LogP contribution in [0.4, 0.5) is 4.39 Å². The van der Waals surface area contributed by atoms with E-state index < -0.39 is 15.8 Å². The molecule has 0 bridgehead atoms. The molecule has 20 heavy (non-hydrogen) atoms. The molecule has 2 atom stereocenters. The van der Waals surface area contributed by atoms with Crippen molar-refractivity contribution in [2.75, 3.05) is 19.0 Å². The molecule has 1 saturated heterocycles. The van der Waals surface area contributed by atoms with Gasteiger partial charge in [0.1, 0.15) is 5.82 Å². The first-order valence-corrected chi connectivity index (χ1v) is 8.29. The fourth-order valence-corrected chi connectivity index (χ4v) is 4.29. The summed E-state index contributed by atoms with van der Waals surface area (Å²) < 4.78 is 45.3. The lowest BCUT2D eigenvalue weighted by Gasteiger charge is -2.36. The fraction of sp³-hybridized carbons (Fsp3) is 0.538. The van der Waals surface area contributed by atoms with Gasteiger partial charge >= 0.3 is 0 Å². The van der Waals surface area contributed by atoms with Gasteiger partial charge in [-0.1, -0.05) is 0 Å². The second kappa shape index (κ2) is 5.97. The number of rotatable bonds is 3. The van der Waals surface area contributed by atoms with Crippen molar-refractivity contribution in [3.63, 3.8) is 0 Å². The highest BCUT2D eigenvalue weighted by Crippen LogP contribution is 2.25. The van der Waals surface area contributed by atoms with E-state index >= 15 is 0 Å². The summed E-state index contributed by atoms with van der Waals surface area (Å²) >= 11 is 5.75. The van der Waals surface area contributed by atoms with Crippen LogP contribution in [0.3, 0.4) is 0 Å². The van der Waals surface area contributed by atoms with Gasteiger partial charge in [0.25, 0.3) is 0 Å². The summed E-state index contributed by atoms with van der Waals surface area (Å²) in [4.78, 5) is 0.126. The molecule has 1 aromatic rings. The van der Waals surface area contributed by atoms with Crippen molar-refractivity contribution in [2.24, 2.45) is 0 Å². The third kappa shape index (κ3) is 2.98. The van der Waals surface area contributed by atoms with E-state index in [4.69, 9.17) is 16.3 Å². The van der Waals surface area contributed by atoms with Gasteiger partial charge in [-0.2, -0.15) is 4.31 Å². The summed E-state index contributed by atoms with van der Waals surface area (Å²) in [6.07, 6.45) is -0.316. The standard InChI is InChI=1S/C13H17ClFNO3S/c1-9-5-11(15)3-4-13(9)20(17,18)16-7-12(6-14)19-8-10(16)2/h3-5,10,12H,6-8H2,1-2H3. The minimum atomic E-state index is -3.67. The fourth-order valence-electron chi connectivity index (χ4n) is 2.25. The van der Waals surface area contributed by atoms with Gasteiger partial charge in [-0.15, -0.1) is 11.6 Å². The molecular formula is C13H17ClFNO3S. The van der Waals surface area contributed by atoms with E-state index in [1.165, 1.54) is 16.4 Å². The Labute approximate surface area is 123 Å². The van der Waals surface area contributed by atoms with Crippen molar-refractivity contribution in [3.05, 3.63) is 29.6 Å². The largest absolute Gasteiger partial charge is 0.374 e. The van der Waals surface area contributed by atoms with E-state index in [9.17, 15) is 12.8 Å². The van der Waals surface area contributed by atoms with Crippen LogP contribution in [0.5, 0.6) is 0 Å². The summed E-state index contributed by atoms with van der Waals surface area (Å²) in [7, 11) is -3.67. The molecular weight excluding hydrogens is 305 g/mol. The van der Waals surface area contributed by atoms with Gasteiger partial charge in [0.15, 0.2) is 0 Å². The van der Waals surface area contributed by atoms with Crippen LogP contribution < -0.4 is 0 Å². The Bertz CT molecular complexity index is 593. The van der Waals surface area contributed by atoms with Crippen LogP contribution in [0, 0.1) is 12.7 Å². The van der Waals surface area contributed by atoms with Crippen molar-refractivity contribution in [3.8, 4) is 0 Å². The quantitative estimate of drug-likeness (QED) is 0.801. The highest BCUT2D eigenvalue weighted by molar-refractivity contribution is 7.89. The monoisotopic (exact) mass is 321 g/mol. The van der Waals surface area contributed by atoms with Crippen molar-refractivity contribution in [1.29, 1.82) is 0 Å². The molecule has 7 heteroatoms. The predicted molar refractivity (Wildman–Crippen MR) is 75.0 cm³/mol. The Balaban J connectivity index is 2.38. The van der Waals surface area contributed by atoms with Gasteiger partial charge in [-0.3, -0.25) is 0 Å². The average Bonchev–Trinajstić information content (AvgIpc) is 2.38. The van der Waals surface area contributed by atoms with Crippen LogP contribution in [-0.2, 0) is 14.8 Å². The van der Waals surface area contributed by atoms with E-state index in [0.717, 1.165) is 6.07 Å². The van der Waals surface area contributed by atoms with E-state index in [0.29, 0.717) is 12.2 Å². The molecule has 0 spiro atoms. The second-order valence-electron chi connectivity index (χ2n) is 4.94. The number of sulfonamides is 1. The van der Waals surface area contributed by atoms with Crippen LogP contribution >= 0.6 is 11.6 Å². The zero-order valence-electron chi connectivity index (χ0n) is 11.3. The molecule has 0 saturated carbocycles. The average molecular weight is 322 g/mol. The number of morpholine rings is 1. The topological polar surface area (TPSA) is 46.6 Å². The Morgan fingerprint density at radius 3 is 2.80 bits per heavy atom. The molecule has 1 heterocycles. The highest BCUT2D eigenvalue weighted by Gasteiger charge is 2.35. The Morgan fingerprint density at radius 1 is 1.50 bits per heavy atom. The molecule has 112 valence electrons. The third-order valence-electron chi connectivity index (χ3n) is 3.34. The number of nitrogens with zero attached hydrogens (tertiary/aromatic N) is 1. The summed E-state index contributed by atoms with van der Waals surface area (Å²) in [5.74, 6) is -0.212. The van der Waals surface area contributed by atoms with Crippen LogP contribution in [0.1, 0.15) is 12.5 Å². The molecule has 4 nitrogen and oxygen atoms in total. The summed E-state index contributed by atoms with van der Waals surface area (Å²) in [5.41, 5.74) is 0.395. The van der Waals surface area contributed by atoms with Crippen LogP contribution in [0.25, 0.3) is 0 Å². The molecule has 1 aliphatic heterocycles. The highest BCUT2D eigenvalue weighted by atomic mass is 35.5. The predicted octanol–water partition coefficient (Wildman–Crippen LogP) is 2.15. The molecule has 2 unspecified atom stereocenters. The second-order valence-corrected chi connectivity index (χ2v) is 7.11. The van der Waals surface area contributed by atoms with Crippen LogP contribution in [0.15, 0.2) is 23.1 Å². The van der Waals surface area contributed by atoms with Gasteiger partial charge in [0.05, 0.1) is 17.6 Å². The number of hydrogen-bond acceptors (Lipinski definition) is 3. The minimum absolute atomic E-state index is 0.126. The van der Waals surface area contributed by atoms with E-state index in [2.05, 4.69) is 0 Å². The molecule has 1 aromatic carbocycles. The van der Waals surface area contributed by atoms with Gasteiger partial charge in [0, 0.05) is 18.5 Å². The smallest absolute Gasteiger partial charge is 0.243 e. The molecule has 1 fully saturated rings. The lowest BCUT2D eigenvalue weighted by atomic mass is 10.2. The third-order valence-corrected chi connectivity index (χ3v) is 5.83. The Morgan fingerprint density at radius 2 is 2.20 bits per heavy atom. The van der Waals surface area contributed by atoms with Crippen molar-refractivity contribution in [2.45, 2.75) is 30.9 Å². The maximum absolute atomic E-state index is 13.1. The van der Waals surface area contributed by atoms with Crippen molar-refractivity contribution < 1.29 is 17.5 Å². The Hall–Kier alpha value is -0.690. The molecule has 0 N–H and O–H groups in total. The number of halogens is 2. The molecule has 0 aliphatic carbocycles. The first-order valence-electron chi connectivity index (χ1n) is 6.32. The van der Waals surface area contributed by atoms with E-state index in [1.807, 2.05) is 0 Å². The normalized spacial score (nSPS) is 24.8. The van der Waals surface area contributed by atoms with E-state index in [1.54, 1.807) is 13.8 Å². The van der Waals surface area contributed by atoms with Gasteiger partial charge in [-0.05, 0) is 37.6 Å². The SMILES string of the molecule is Cc1cc(F)ccc1S(=O)(=O)N1CC(CCl)OCC1C. The first-order chi connectivity index (χ1) is 9.36. The van der Waals surface area contributed by atoms with Gasteiger partial charge in [-0.25, -0.2) is 12.8 Å². The molecule has 2 rings (SSSR count).